The smallest absolute Gasteiger partial charge is 0.272 e. The fourth-order valence-electron chi connectivity index (χ4n) is 4.78. The molecule has 5 aromatic carbocycles. The van der Waals surface area contributed by atoms with Crippen LogP contribution in [0.3, 0.4) is 0 Å². The van der Waals surface area contributed by atoms with Crippen LogP contribution in [-0.2, 0) is 9.59 Å². The first-order valence-corrected chi connectivity index (χ1v) is 16.0. The summed E-state index contributed by atoms with van der Waals surface area (Å²) in [6, 6.07) is 27.9. The molecule has 0 aromatic heterocycles. The number of carbonyl (C=O) groups excluding carboxylic acids is 3. The number of nitrogens with one attached hydrogen (secondary N) is 3. The maximum atomic E-state index is 14.4. The van der Waals surface area contributed by atoms with Crippen molar-refractivity contribution >= 4 is 46.9 Å². The van der Waals surface area contributed by atoms with Gasteiger partial charge in [0.05, 0.1) is 14.2 Å². The Hall–Kier alpha value is -6.08. The molecule has 0 aliphatic carbocycles. The van der Waals surface area contributed by atoms with Gasteiger partial charge in [0.15, 0.2) is 34.8 Å². The second kappa shape index (κ2) is 16.5. The summed E-state index contributed by atoms with van der Waals surface area (Å²) in [5, 5.41) is 6.28. The summed E-state index contributed by atoms with van der Waals surface area (Å²) in [7, 11) is 2.96. The summed E-state index contributed by atoms with van der Waals surface area (Å²) >= 11 is 0.990. The number of methoxy groups -OCH3 is 2. The molecule has 8 nitrogen and oxygen atoms in total. The summed E-state index contributed by atoms with van der Waals surface area (Å²) < 4.78 is 67.0. The lowest BCUT2D eigenvalue weighted by atomic mass is 10.1. The van der Waals surface area contributed by atoms with Gasteiger partial charge in [0, 0.05) is 22.2 Å². The van der Waals surface area contributed by atoms with E-state index in [1.807, 2.05) is 5.32 Å². The Bertz CT molecular complexity index is 2060. The molecule has 260 valence electrons. The number of hydrogen-bond donors (Lipinski definition) is 3. The van der Waals surface area contributed by atoms with Gasteiger partial charge < -0.3 is 25.4 Å². The van der Waals surface area contributed by atoms with Gasteiger partial charge in [-0.15, -0.1) is 11.8 Å². The first-order chi connectivity index (χ1) is 24.6. The van der Waals surface area contributed by atoms with E-state index in [0.29, 0.717) is 38.8 Å². The molecule has 1 unspecified atom stereocenters. The van der Waals surface area contributed by atoms with E-state index in [-0.39, 0.29) is 11.8 Å². The molecular formula is C38H29F4N3O5S. The molecule has 0 aliphatic heterocycles. The van der Waals surface area contributed by atoms with Crippen molar-refractivity contribution in [3.63, 3.8) is 0 Å². The average Bonchev–Trinajstić information content (AvgIpc) is 3.15. The van der Waals surface area contributed by atoms with E-state index < -0.39 is 51.9 Å². The SMILES string of the molecule is COc1ccc(/C=C(\NC(=O)c2ccccc2)C(=O)Nc2ccc(SC(C(=O)Nc3c(F)c(F)cc(F)c3F)c3ccccc3)cc2)cc1OC. The second-order valence-corrected chi connectivity index (χ2v) is 11.9. The molecule has 0 fully saturated rings. The Kier molecular flexibility index (Phi) is 11.7. The largest absolute Gasteiger partial charge is 0.493 e. The van der Waals surface area contributed by atoms with Crippen LogP contribution in [0, 0.1) is 23.3 Å². The summed E-state index contributed by atoms with van der Waals surface area (Å²) in [5.74, 6) is -8.02. The zero-order valence-corrected chi connectivity index (χ0v) is 27.8. The van der Waals surface area contributed by atoms with Crippen molar-refractivity contribution in [3.8, 4) is 11.5 Å². The van der Waals surface area contributed by atoms with Crippen LogP contribution in [0.5, 0.6) is 11.5 Å². The van der Waals surface area contributed by atoms with Crippen LogP contribution in [-0.4, -0.2) is 31.9 Å². The molecule has 0 bridgehead atoms. The van der Waals surface area contributed by atoms with Crippen LogP contribution in [0.25, 0.3) is 6.08 Å². The zero-order chi connectivity index (χ0) is 36.5. The van der Waals surface area contributed by atoms with Crippen molar-refractivity contribution in [3.05, 3.63) is 155 Å². The van der Waals surface area contributed by atoms with Crippen LogP contribution < -0.4 is 25.4 Å². The molecule has 0 spiro atoms. The van der Waals surface area contributed by atoms with E-state index in [9.17, 15) is 31.9 Å². The number of halogens is 4. The van der Waals surface area contributed by atoms with Crippen LogP contribution in [0.15, 0.2) is 120 Å². The molecule has 0 heterocycles. The van der Waals surface area contributed by atoms with Gasteiger partial charge >= 0.3 is 0 Å². The van der Waals surface area contributed by atoms with Gasteiger partial charge in [-0.2, -0.15) is 0 Å². The first kappa shape index (κ1) is 36.2. The summed E-state index contributed by atoms with van der Waals surface area (Å²) in [6.07, 6.45) is 1.47. The number of ether oxygens (including phenoxy) is 2. The van der Waals surface area contributed by atoms with Crippen LogP contribution >= 0.6 is 11.8 Å². The second-order valence-electron chi connectivity index (χ2n) is 10.7. The number of hydrogen-bond acceptors (Lipinski definition) is 6. The third-order valence-corrected chi connectivity index (χ3v) is 8.58. The molecule has 51 heavy (non-hydrogen) atoms. The lowest BCUT2D eigenvalue weighted by molar-refractivity contribution is -0.116. The molecule has 0 saturated heterocycles. The Balaban J connectivity index is 1.37. The predicted octanol–water partition coefficient (Wildman–Crippen LogP) is 8.14. The Morgan fingerprint density at radius 1 is 0.706 bits per heavy atom. The highest BCUT2D eigenvalue weighted by Gasteiger charge is 2.27. The van der Waals surface area contributed by atoms with Gasteiger partial charge in [-0.25, -0.2) is 17.6 Å². The number of thioether (sulfide) groups is 1. The Morgan fingerprint density at radius 3 is 1.92 bits per heavy atom. The maximum Gasteiger partial charge on any atom is 0.272 e. The fourth-order valence-corrected chi connectivity index (χ4v) is 5.80. The van der Waals surface area contributed by atoms with Gasteiger partial charge in [-0.1, -0.05) is 54.6 Å². The van der Waals surface area contributed by atoms with Crippen LogP contribution in [0.2, 0.25) is 0 Å². The number of benzene rings is 5. The molecule has 3 N–H and O–H groups in total. The summed E-state index contributed by atoms with van der Waals surface area (Å²) in [4.78, 5) is 40.4. The van der Waals surface area contributed by atoms with Gasteiger partial charge in [-0.05, 0) is 65.7 Å². The molecule has 0 aliphatic rings. The number of anilines is 2. The predicted molar refractivity (Wildman–Crippen MR) is 186 cm³/mol. The van der Waals surface area contributed by atoms with Crippen molar-refractivity contribution in [2.45, 2.75) is 10.1 Å². The normalized spacial score (nSPS) is 11.7. The van der Waals surface area contributed by atoms with Gasteiger partial charge in [0.25, 0.3) is 11.8 Å². The third kappa shape index (κ3) is 8.94. The standard InChI is InChI=1S/C38H29F4N3O5S/c1-49-30-18-13-22(20-31(30)50-2)19-29(44-36(46)24-11-7-4-8-12-24)37(47)43-25-14-16-26(17-15-25)51-35(23-9-5-3-6-10-23)38(48)45-34-32(41)27(39)21-28(40)33(34)42/h3-21,35H,1-2H3,(H,43,47)(H,44,46)(H,45,48)/b29-19-. The van der Waals surface area contributed by atoms with Gasteiger partial charge in [0.1, 0.15) is 16.6 Å². The zero-order valence-electron chi connectivity index (χ0n) is 27.0. The Labute approximate surface area is 294 Å². The minimum Gasteiger partial charge on any atom is -0.493 e. The molecule has 0 saturated carbocycles. The molecule has 13 heteroatoms. The average molecular weight is 716 g/mol. The monoisotopic (exact) mass is 715 g/mol. The minimum absolute atomic E-state index is 0.0519. The molecule has 5 rings (SSSR count). The van der Waals surface area contributed by atoms with E-state index in [1.54, 1.807) is 103 Å². The van der Waals surface area contributed by atoms with E-state index in [4.69, 9.17) is 9.47 Å². The van der Waals surface area contributed by atoms with Crippen molar-refractivity contribution in [2.24, 2.45) is 0 Å². The molecular weight excluding hydrogens is 686 g/mol. The first-order valence-electron chi connectivity index (χ1n) is 15.1. The molecule has 0 radical (unpaired) electrons. The Morgan fingerprint density at radius 2 is 1.31 bits per heavy atom. The highest BCUT2D eigenvalue weighted by Crippen LogP contribution is 2.37. The van der Waals surface area contributed by atoms with Crippen LogP contribution in [0.4, 0.5) is 28.9 Å². The van der Waals surface area contributed by atoms with E-state index in [0.717, 1.165) is 11.8 Å². The number of rotatable bonds is 12. The van der Waals surface area contributed by atoms with Crippen LogP contribution in [0.1, 0.15) is 26.7 Å². The highest BCUT2D eigenvalue weighted by atomic mass is 32.2. The van der Waals surface area contributed by atoms with Crippen molar-refractivity contribution in [2.75, 3.05) is 24.9 Å². The van der Waals surface area contributed by atoms with E-state index >= 15 is 0 Å². The van der Waals surface area contributed by atoms with Crippen molar-refractivity contribution in [1.29, 1.82) is 0 Å². The maximum absolute atomic E-state index is 14.4. The molecule has 5 aromatic rings. The molecule has 3 amide bonds. The minimum atomic E-state index is -1.74. The summed E-state index contributed by atoms with van der Waals surface area (Å²) in [6.45, 7) is 0. The highest BCUT2D eigenvalue weighted by molar-refractivity contribution is 8.00. The lowest BCUT2D eigenvalue weighted by Crippen LogP contribution is -2.30. The molecule has 1 atom stereocenters. The summed E-state index contributed by atoms with van der Waals surface area (Å²) in [5.41, 5.74) is 0.307. The van der Waals surface area contributed by atoms with Crippen molar-refractivity contribution in [1.82, 2.24) is 5.32 Å². The quantitative estimate of drug-likeness (QED) is 0.0522. The number of carbonyl (C=O) groups is 3. The van der Waals surface area contributed by atoms with Gasteiger partial charge in [-0.3, -0.25) is 14.4 Å². The fraction of sp³-hybridized carbons (Fsp3) is 0.0789. The third-order valence-electron chi connectivity index (χ3n) is 7.31. The number of amides is 3. The van der Waals surface area contributed by atoms with E-state index in [2.05, 4.69) is 10.6 Å². The topological polar surface area (TPSA) is 106 Å². The van der Waals surface area contributed by atoms with Crippen molar-refractivity contribution < 1.29 is 41.4 Å². The van der Waals surface area contributed by atoms with Gasteiger partial charge in [0.2, 0.25) is 5.91 Å². The lowest BCUT2D eigenvalue weighted by Gasteiger charge is -2.18. The van der Waals surface area contributed by atoms with E-state index in [1.165, 1.54) is 20.3 Å².